The fourth-order valence-corrected chi connectivity index (χ4v) is 5.77. The fraction of sp³-hybridized carbons (Fsp3) is 0.611. The molecular formula is C18H23NO3S. The van der Waals surface area contributed by atoms with Gasteiger partial charge < -0.3 is 9.64 Å². The highest BCUT2D eigenvalue weighted by molar-refractivity contribution is 7.86. The first-order valence-corrected chi connectivity index (χ1v) is 9.71. The summed E-state index contributed by atoms with van der Waals surface area (Å²) in [6.07, 6.45) is 1.85. The number of rotatable bonds is 1. The number of hydrogen-bond donors (Lipinski definition) is 0. The normalized spacial score (nSPS) is 38.8. The van der Waals surface area contributed by atoms with Crippen LogP contribution in [0.3, 0.4) is 0 Å². The SMILES string of the molecule is C[C@@H]1CN(C(=O)[C@@H]2C[C@]23CCOc2ccccc23)C[C@H](C)S1=O. The number of benzene rings is 1. The molecule has 1 aliphatic carbocycles. The minimum Gasteiger partial charge on any atom is -0.493 e. The van der Waals surface area contributed by atoms with Crippen molar-refractivity contribution in [1.29, 1.82) is 0 Å². The molecular weight excluding hydrogens is 310 g/mol. The predicted molar refractivity (Wildman–Crippen MR) is 90.0 cm³/mol. The zero-order valence-corrected chi connectivity index (χ0v) is 14.5. The van der Waals surface area contributed by atoms with Crippen molar-refractivity contribution in [1.82, 2.24) is 4.90 Å². The Kier molecular flexibility index (Phi) is 3.52. The van der Waals surface area contributed by atoms with E-state index in [2.05, 4.69) is 6.07 Å². The van der Waals surface area contributed by atoms with E-state index in [1.807, 2.05) is 36.9 Å². The molecule has 1 saturated heterocycles. The quantitative estimate of drug-likeness (QED) is 0.791. The molecule has 0 bridgehead atoms. The van der Waals surface area contributed by atoms with Gasteiger partial charge in [-0.1, -0.05) is 18.2 Å². The minimum atomic E-state index is -0.823. The number of carbonyl (C=O) groups is 1. The van der Waals surface area contributed by atoms with Crippen molar-refractivity contribution in [3.63, 3.8) is 0 Å². The molecule has 124 valence electrons. The summed E-state index contributed by atoms with van der Waals surface area (Å²) in [6, 6.07) is 8.13. The molecule has 0 aromatic heterocycles. The van der Waals surface area contributed by atoms with Gasteiger partial charge in [0.15, 0.2) is 0 Å². The number of nitrogens with zero attached hydrogens (tertiary/aromatic N) is 1. The molecule has 2 fully saturated rings. The van der Waals surface area contributed by atoms with Crippen molar-refractivity contribution in [2.24, 2.45) is 5.92 Å². The zero-order chi connectivity index (χ0) is 16.2. The summed E-state index contributed by atoms with van der Waals surface area (Å²) < 4.78 is 17.8. The van der Waals surface area contributed by atoms with Gasteiger partial charge in [-0.05, 0) is 32.8 Å². The molecule has 1 aromatic carbocycles. The lowest BCUT2D eigenvalue weighted by molar-refractivity contribution is -0.133. The minimum absolute atomic E-state index is 0.0188. The average Bonchev–Trinajstić information content (AvgIpc) is 3.26. The van der Waals surface area contributed by atoms with Crippen molar-refractivity contribution in [2.75, 3.05) is 19.7 Å². The molecule has 1 amide bonds. The summed E-state index contributed by atoms with van der Waals surface area (Å²) in [7, 11) is -0.823. The van der Waals surface area contributed by atoms with E-state index in [1.54, 1.807) is 0 Å². The number of ether oxygens (including phenoxy) is 1. The Morgan fingerprint density at radius 3 is 2.70 bits per heavy atom. The van der Waals surface area contributed by atoms with E-state index in [1.165, 1.54) is 5.56 Å². The van der Waals surface area contributed by atoms with E-state index in [0.717, 1.165) is 18.6 Å². The number of amides is 1. The lowest BCUT2D eigenvalue weighted by atomic mass is 9.87. The second-order valence-electron chi connectivity index (χ2n) is 7.20. The molecule has 4 rings (SSSR count). The Labute approximate surface area is 139 Å². The highest BCUT2D eigenvalue weighted by atomic mass is 32.2. The summed E-state index contributed by atoms with van der Waals surface area (Å²) in [4.78, 5) is 15.0. The predicted octanol–water partition coefficient (Wildman–Crippen LogP) is 2.09. The molecule has 4 nitrogen and oxygen atoms in total. The second-order valence-corrected chi connectivity index (χ2v) is 9.47. The third-order valence-electron chi connectivity index (χ3n) is 5.66. The molecule has 1 spiro atoms. The van der Waals surface area contributed by atoms with Gasteiger partial charge in [0.1, 0.15) is 5.75 Å². The van der Waals surface area contributed by atoms with Gasteiger partial charge in [-0.2, -0.15) is 0 Å². The fourth-order valence-electron chi connectivity index (χ4n) is 4.32. The Balaban J connectivity index is 1.56. The third-order valence-corrected chi connectivity index (χ3v) is 7.55. The molecule has 3 aliphatic rings. The van der Waals surface area contributed by atoms with Gasteiger partial charge >= 0.3 is 0 Å². The smallest absolute Gasteiger partial charge is 0.226 e. The summed E-state index contributed by atoms with van der Waals surface area (Å²) in [5.74, 6) is 1.26. The molecule has 5 atom stereocenters. The monoisotopic (exact) mass is 333 g/mol. The van der Waals surface area contributed by atoms with Crippen LogP contribution in [0.4, 0.5) is 0 Å². The Morgan fingerprint density at radius 2 is 1.96 bits per heavy atom. The summed E-state index contributed by atoms with van der Waals surface area (Å²) in [5.41, 5.74) is 1.18. The topological polar surface area (TPSA) is 46.6 Å². The molecule has 1 saturated carbocycles. The molecule has 2 heterocycles. The maximum absolute atomic E-state index is 13.0. The zero-order valence-electron chi connectivity index (χ0n) is 13.7. The van der Waals surface area contributed by atoms with Gasteiger partial charge in [0.2, 0.25) is 5.91 Å². The third kappa shape index (κ3) is 2.32. The van der Waals surface area contributed by atoms with E-state index in [9.17, 15) is 9.00 Å². The first kappa shape index (κ1) is 15.2. The van der Waals surface area contributed by atoms with Crippen LogP contribution in [0.1, 0.15) is 32.3 Å². The van der Waals surface area contributed by atoms with Crippen LogP contribution in [0.2, 0.25) is 0 Å². The molecule has 2 aliphatic heterocycles. The van der Waals surface area contributed by atoms with Crippen molar-refractivity contribution in [3.8, 4) is 5.75 Å². The van der Waals surface area contributed by atoms with E-state index < -0.39 is 10.8 Å². The van der Waals surface area contributed by atoms with E-state index in [4.69, 9.17) is 4.74 Å². The van der Waals surface area contributed by atoms with Crippen molar-refractivity contribution in [2.45, 2.75) is 42.6 Å². The van der Waals surface area contributed by atoms with Gasteiger partial charge in [0.25, 0.3) is 0 Å². The van der Waals surface area contributed by atoms with Crippen LogP contribution in [0.15, 0.2) is 24.3 Å². The van der Waals surface area contributed by atoms with Crippen LogP contribution >= 0.6 is 0 Å². The van der Waals surface area contributed by atoms with Crippen LogP contribution in [0.5, 0.6) is 5.75 Å². The van der Waals surface area contributed by atoms with Crippen LogP contribution in [-0.4, -0.2) is 45.2 Å². The van der Waals surface area contributed by atoms with Gasteiger partial charge in [-0.15, -0.1) is 0 Å². The molecule has 0 radical (unpaired) electrons. The van der Waals surface area contributed by atoms with Crippen LogP contribution in [-0.2, 0) is 21.0 Å². The molecule has 1 aromatic rings. The summed E-state index contributed by atoms with van der Waals surface area (Å²) in [6.45, 7) is 5.91. The van der Waals surface area contributed by atoms with E-state index >= 15 is 0 Å². The van der Waals surface area contributed by atoms with Gasteiger partial charge in [0.05, 0.1) is 6.61 Å². The Morgan fingerprint density at radius 1 is 1.26 bits per heavy atom. The number of fused-ring (bicyclic) bond motifs is 2. The number of hydrogen-bond acceptors (Lipinski definition) is 3. The van der Waals surface area contributed by atoms with Crippen molar-refractivity contribution >= 4 is 16.7 Å². The second kappa shape index (κ2) is 5.33. The first-order chi connectivity index (χ1) is 11.0. The molecule has 5 heteroatoms. The lowest BCUT2D eigenvalue weighted by Gasteiger charge is -2.35. The van der Waals surface area contributed by atoms with Gasteiger partial charge in [0, 0.05) is 51.3 Å². The largest absolute Gasteiger partial charge is 0.493 e. The average molecular weight is 333 g/mol. The van der Waals surface area contributed by atoms with Crippen molar-refractivity contribution < 1.29 is 13.7 Å². The van der Waals surface area contributed by atoms with Crippen LogP contribution < -0.4 is 4.74 Å². The standard InChI is InChI=1S/C18H23NO3S/c1-12-10-19(11-13(2)23(12)21)17(20)15-9-18(15)7-8-22-16-6-4-3-5-14(16)18/h3-6,12-13,15H,7-11H2,1-2H3/t12-,13+,15-,18-,23?/m0/s1. The number of para-hydroxylation sites is 1. The molecule has 23 heavy (non-hydrogen) atoms. The highest BCUT2D eigenvalue weighted by Gasteiger charge is 2.62. The maximum Gasteiger partial charge on any atom is 0.226 e. The highest BCUT2D eigenvalue weighted by Crippen LogP contribution is 2.61. The summed E-state index contributed by atoms with van der Waals surface area (Å²) >= 11 is 0. The molecule has 1 unspecified atom stereocenters. The van der Waals surface area contributed by atoms with Crippen molar-refractivity contribution in [3.05, 3.63) is 29.8 Å². The van der Waals surface area contributed by atoms with Crippen LogP contribution in [0, 0.1) is 5.92 Å². The van der Waals surface area contributed by atoms with E-state index in [0.29, 0.717) is 19.7 Å². The van der Waals surface area contributed by atoms with Crippen LogP contribution in [0.25, 0.3) is 0 Å². The molecule has 0 N–H and O–H groups in total. The maximum atomic E-state index is 13.0. The Bertz CT molecular complexity index is 662. The first-order valence-electron chi connectivity index (χ1n) is 8.43. The lowest BCUT2D eigenvalue weighted by Crippen LogP contribution is -2.50. The Hall–Kier alpha value is -1.36. The van der Waals surface area contributed by atoms with E-state index in [-0.39, 0.29) is 27.7 Å². The van der Waals surface area contributed by atoms with Gasteiger partial charge in [-0.3, -0.25) is 9.00 Å². The van der Waals surface area contributed by atoms with Gasteiger partial charge in [-0.25, -0.2) is 0 Å². The summed E-state index contributed by atoms with van der Waals surface area (Å²) in [5, 5.41) is 0.138. The number of carbonyl (C=O) groups excluding carboxylic acids is 1.